The Morgan fingerprint density at radius 1 is 1.50 bits per heavy atom. The van der Waals surface area contributed by atoms with Crippen LogP contribution in [0.3, 0.4) is 0 Å². The lowest BCUT2D eigenvalue weighted by Crippen LogP contribution is -2.77. The molecule has 4 nitrogen and oxygen atoms in total. The fourth-order valence-corrected chi connectivity index (χ4v) is 2.51. The second kappa shape index (κ2) is 2.00. The molecule has 2 saturated carbocycles. The van der Waals surface area contributed by atoms with Crippen molar-refractivity contribution in [3.63, 3.8) is 0 Å². The Labute approximate surface area is 70.4 Å². The van der Waals surface area contributed by atoms with Crippen molar-refractivity contribution in [2.45, 2.75) is 37.3 Å². The van der Waals surface area contributed by atoms with Crippen molar-refractivity contribution < 1.29 is 15.0 Å². The van der Waals surface area contributed by atoms with Crippen molar-refractivity contribution in [2.75, 3.05) is 0 Å². The number of aliphatic carboxylic acids is 1. The SMILES string of the molecule is N[C@@]1(C(=O)O)C[C@H](O)C12CCC2. The first-order chi connectivity index (χ1) is 5.53. The monoisotopic (exact) mass is 171 g/mol. The number of aliphatic hydroxyl groups excluding tert-OH is 1. The van der Waals surface area contributed by atoms with E-state index in [0.29, 0.717) is 0 Å². The lowest BCUT2D eigenvalue weighted by atomic mass is 9.44. The lowest BCUT2D eigenvalue weighted by molar-refractivity contribution is -0.204. The van der Waals surface area contributed by atoms with Gasteiger partial charge in [0.2, 0.25) is 0 Å². The van der Waals surface area contributed by atoms with E-state index in [2.05, 4.69) is 0 Å². The smallest absolute Gasteiger partial charge is 0.324 e. The van der Waals surface area contributed by atoms with E-state index in [0.717, 1.165) is 19.3 Å². The molecule has 68 valence electrons. The summed E-state index contributed by atoms with van der Waals surface area (Å²) in [6.07, 6.45) is 2.23. The summed E-state index contributed by atoms with van der Waals surface area (Å²) in [5.74, 6) is -0.965. The number of carbonyl (C=O) groups is 1. The molecule has 0 amide bonds. The Morgan fingerprint density at radius 2 is 2.08 bits per heavy atom. The Morgan fingerprint density at radius 3 is 2.25 bits per heavy atom. The van der Waals surface area contributed by atoms with Crippen LogP contribution in [0.15, 0.2) is 0 Å². The molecule has 2 fully saturated rings. The van der Waals surface area contributed by atoms with Crippen LogP contribution in [-0.4, -0.2) is 27.8 Å². The molecule has 0 heterocycles. The fourth-order valence-electron chi connectivity index (χ4n) is 2.51. The van der Waals surface area contributed by atoms with E-state index >= 15 is 0 Å². The normalized spacial score (nSPS) is 43.3. The summed E-state index contributed by atoms with van der Waals surface area (Å²) in [6.45, 7) is 0. The fraction of sp³-hybridized carbons (Fsp3) is 0.875. The van der Waals surface area contributed by atoms with Crippen LogP contribution in [0.4, 0.5) is 0 Å². The van der Waals surface area contributed by atoms with Crippen molar-refractivity contribution in [2.24, 2.45) is 11.1 Å². The van der Waals surface area contributed by atoms with Gasteiger partial charge in [0.05, 0.1) is 6.10 Å². The average molecular weight is 171 g/mol. The molecule has 0 aromatic carbocycles. The van der Waals surface area contributed by atoms with Gasteiger partial charge in [0, 0.05) is 11.8 Å². The molecule has 4 heteroatoms. The highest BCUT2D eigenvalue weighted by Gasteiger charge is 2.69. The van der Waals surface area contributed by atoms with E-state index in [1.54, 1.807) is 0 Å². The number of hydrogen-bond donors (Lipinski definition) is 3. The van der Waals surface area contributed by atoms with E-state index in [-0.39, 0.29) is 6.42 Å². The highest BCUT2D eigenvalue weighted by Crippen LogP contribution is 2.60. The number of carboxylic acids is 1. The molecular weight excluding hydrogens is 158 g/mol. The summed E-state index contributed by atoms with van der Waals surface area (Å²) in [4.78, 5) is 10.8. The van der Waals surface area contributed by atoms with Gasteiger partial charge in [0.15, 0.2) is 0 Å². The number of aliphatic hydroxyl groups is 1. The first-order valence-corrected chi connectivity index (χ1v) is 4.23. The van der Waals surface area contributed by atoms with Crippen LogP contribution in [0.2, 0.25) is 0 Å². The molecule has 0 bridgehead atoms. The zero-order valence-electron chi connectivity index (χ0n) is 6.79. The predicted octanol–water partition coefficient (Wildman–Crippen LogP) is -0.297. The average Bonchev–Trinajstić information content (AvgIpc) is 1.81. The van der Waals surface area contributed by atoms with Crippen LogP contribution in [0.25, 0.3) is 0 Å². The molecular formula is C8H13NO3. The maximum Gasteiger partial charge on any atom is 0.324 e. The third-order valence-corrected chi connectivity index (χ3v) is 3.67. The first-order valence-electron chi connectivity index (χ1n) is 4.23. The molecule has 2 aliphatic rings. The van der Waals surface area contributed by atoms with Crippen LogP contribution in [0, 0.1) is 5.41 Å². The molecule has 0 unspecified atom stereocenters. The third-order valence-electron chi connectivity index (χ3n) is 3.67. The van der Waals surface area contributed by atoms with Crippen LogP contribution < -0.4 is 5.73 Å². The van der Waals surface area contributed by atoms with E-state index in [1.165, 1.54) is 0 Å². The van der Waals surface area contributed by atoms with Crippen molar-refractivity contribution in [3.05, 3.63) is 0 Å². The van der Waals surface area contributed by atoms with Crippen molar-refractivity contribution in [1.29, 1.82) is 0 Å². The number of carboxylic acid groups (broad SMARTS) is 1. The lowest BCUT2D eigenvalue weighted by Gasteiger charge is -2.63. The van der Waals surface area contributed by atoms with E-state index in [4.69, 9.17) is 10.8 Å². The molecule has 2 rings (SSSR count). The van der Waals surface area contributed by atoms with Crippen LogP contribution >= 0.6 is 0 Å². The Bertz CT molecular complexity index is 236. The number of nitrogens with two attached hydrogens (primary N) is 1. The van der Waals surface area contributed by atoms with Gasteiger partial charge in [-0.2, -0.15) is 0 Å². The van der Waals surface area contributed by atoms with Crippen LogP contribution in [0.1, 0.15) is 25.7 Å². The second-order valence-corrected chi connectivity index (χ2v) is 4.01. The summed E-state index contributed by atoms with van der Waals surface area (Å²) >= 11 is 0. The molecule has 0 aromatic heterocycles. The maximum absolute atomic E-state index is 10.8. The molecule has 2 aliphatic carbocycles. The first kappa shape index (κ1) is 8.01. The van der Waals surface area contributed by atoms with E-state index in [9.17, 15) is 9.90 Å². The van der Waals surface area contributed by atoms with Gasteiger partial charge in [-0.1, -0.05) is 6.42 Å². The van der Waals surface area contributed by atoms with Gasteiger partial charge in [-0.25, -0.2) is 0 Å². The summed E-state index contributed by atoms with van der Waals surface area (Å²) in [5, 5.41) is 18.3. The standard InChI is InChI=1S/C8H13NO3/c9-8(6(11)12)4-5(10)7(8)2-1-3-7/h5,10H,1-4,9H2,(H,11,12)/t5-,8+/m0/s1. The third kappa shape index (κ3) is 0.593. The minimum absolute atomic E-state index is 0.211. The number of hydrogen-bond acceptors (Lipinski definition) is 3. The van der Waals surface area contributed by atoms with Crippen LogP contribution in [0.5, 0.6) is 0 Å². The second-order valence-electron chi connectivity index (χ2n) is 4.01. The van der Waals surface area contributed by atoms with Crippen LogP contribution in [-0.2, 0) is 4.79 Å². The molecule has 2 atom stereocenters. The van der Waals surface area contributed by atoms with Gasteiger partial charge >= 0.3 is 5.97 Å². The summed E-state index contributed by atoms with van der Waals surface area (Å²) in [5.41, 5.74) is 4.08. The molecule has 0 saturated heterocycles. The quantitative estimate of drug-likeness (QED) is 0.506. The predicted molar refractivity (Wildman–Crippen MR) is 41.5 cm³/mol. The minimum atomic E-state index is -1.15. The largest absolute Gasteiger partial charge is 0.480 e. The van der Waals surface area contributed by atoms with E-state index < -0.39 is 23.0 Å². The summed E-state index contributed by atoms with van der Waals surface area (Å²) < 4.78 is 0. The Hall–Kier alpha value is -0.610. The van der Waals surface area contributed by atoms with Gasteiger partial charge in [-0.3, -0.25) is 4.79 Å². The summed E-state index contributed by atoms with van der Waals surface area (Å²) in [6, 6.07) is 0. The molecule has 4 N–H and O–H groups in total. The summed E-state index contributed by atoms with van der Waals surface area (Å²) in [7, 11) is 0. The highest BCUT2D eigenvalue weighted by atomic mass is 16.4. The number of rotatable bonds is 1. The van der Waals surface area contributed by atoms with Gasteiger partial charge in [-0.05, 0) is 12.8 Å². The molecule has 12 heavy (non-hydrogen) atoms. The maximum atomic E-state index is 10.8. The highest BCUT2D eigenvalue weighted by molar-refractivity contribution is 5.82. The van der Waals surface area contributed by atoms with Gasteiger partial charge in [0.1, 0.15) is 5.54 Å². The molecule has 0 aromatic rings. The van der Waals surface area contributed by atoms with Gasteiger partial charge in [0.25, 0.3) is 0 Å². The zero-order valence-corrected chi connectivity index (χ0v) is 6.79. The Balaban J connectivity index is 2.25. The van der Waals surface area contributed by atoms with Crippen molar-refractivity contribution >= 4 is 5.97 Å². The minimum Gasteiger partial charge on any atom is -0.480 e. The van der Waals surface area contributed by atoms with Gasteiger partial charge in [-0.15, -0.1) is 0 Å². The molecule has 0 aliphatic heterocycles. The zero-order chi connectivity index (χ0) is 8.98. The van der Waals surface area contributed by atoms with Crippen molar-refractivity contribution in [1.82, 2.24) is 0 Å². The molecule has 1 spiro atoms. The molecule has 0 radical (unpaired) electrons. The Kier molecular flexibility index (Phi) is 1.34. The van der Waals surface area contributed by atoms with E-state index in [1.807, 2.05) is 0 Å². The van der Waals surface area contributed by atoms with Gasteiger partial charge < -0.3 is 15.9 Å². The van der Waals surface area contributed by atoms with Crippen molar-refractivity contribution in [3.8, 4) is 0 Å². The topological polar surface area (TPSA) is 83.6 Å².